The van der Waals surface area contributed by atoms with Crippen LogP contribution in [-0.4, -0.2) is 16.7 Å². The van der Waals surface area contributed by atoms with E-state index < -0.39 is 0 Å². The number of hydrogen-bond donors (Lipinski definition) is 1. The summed E-state index contributed by atoms with van der Waals surface area (Å²) in [6, 6.07) is 6.09. The Kier molecular flexibility index (Phi) is 4.71. The van der Waals surface area contributed by atoms with Gasteiger partial charge in [-0.3, -0.25) is 0 Å². The molecule has 4 nitrogen and oxygen atoms in total. The van der Waals surface area contributed by atoms with Crippen LogP contribution in [0.25, 0.3) is 11.5 Å². The lowest BCUT2D eigenvalue weighted by atomic mass is 10.1. The minimum atomic E-state index is 0.594. The predicted octanol–water partition coefficient (Wildman–Crippen LogP) is 3.15. The number of nitrogens with zero attached hydrogens (tertiary/aromatic N) is 2. The lowest BCUT2D eigenvalue weighted by Crippen LogP contribution is -2.13. The molecular weight excluding hydrogens is 341 g/mol. The van der Waals surface area contributed by atoms with E-state index in [2.05, 4.69) is 58.0 Å². The number of benzene rings is 1. The van der Waals surface area contributed by atoms with Crippen molar-refractivity contribution < 1.29 is 4.42 Å². The van der Waals surface area contributed by atoms with Gasteiger partial charge in [-0.25, -0.2) is 0 Å². The highest BCUT2D eigenvalue weighted by molar-refractivity contribution is 14.1. The maximum absolute atomic E-state index is 5.66. The summed E-state index contributed by atoms with van der Waals surface area (Å²) in [7, 11) is 0. The Bertz CT molecular complexity index is 525. The maximum Gasteiger partial charge on any atom is 0.248 e. The summed E-state index contributed by atoms with van der Waals surface area (Å²) in [5, 5.41) is 11.4. The van der Waals surface area contributed by atoms with Gasteiger partial charge >= 0.3 is 0 Å². The average molecular weight is 357 g/mol. The molecule has 0 atom stereocenters. The molecule has 0 aliphatic heterocycles. The summed E-state index contributed by atoms with van der Waals surface area (Å²) >= 11 is 2.31. The summed E-state index contributed by atoms with van der Waals surface area (Å²) in [5.41, 5.74) is 2.22. The third-order valence-electron chi connectivity index (χ3n) is 2.59. The van der Waals surface area contributed by atoms with Crippen molar-refractivity contribution in [2.24, 2.45) is 0 Å². The van der Waals surface area contributed by atoms with Crippen LogP contribution in [0, 0.1) is 10.5 Å². The first-order chi connectivity index (χ1) is 8.72. The minimum Gasteiger partial charge on any atom is -0.419 e. The van der Waals surface area contributed by atoms with Gasteiger partial charge in [-0.1, -0.05) is 19.1 Å². The second-order valence-electron chi connectivity index (χ2n) is 4.11. The SMILES string of the molecule is CCCNCc1nnc(-c2cccc(C)c2I)o1. The molecule has 18 heavy (non-hydrogen) atoms. The second-order valence-corrected chi connectivity index (χ2v) is 5.19. The van der Waals surface area contributed by atoms with E-state index >= 15 is 0 Å². The van der Waals surface area contributed by atoms with E-state index in [0.29, 0.717) is 18.3 Å². The Morgan fingerprint density at radius 2 is 2.17 bits per heavy atom. The van der Waals surface area contributed by atoms with Crippen molar-refractivity contribution in [3.05, 3.63) is 33.2 Å². The van der Waals surface area contributed by atoms with Crippen LogP contribution in [0.5, 0.6) is 0 Å². The lowest BCUT2D eigenvalue weighted by Gasteiger charge is -2.02. The molecule has 96 valence electrons. The van der Waals surface area contributed by atoms with Crippen molar-refractivity contribution in [3.63, 3.8) is 0 Å². The van der Waals surface area contributed by atoms with Gasteiger partial charge in [0.15, 0.2) is 0 Å². The van der Waals surface area contributed by atoms with E-state index in [1.165, 1.54) is 5.56 Å². The van der Waals surface area contributed by atoms with Gasteiger partial charge in [-0.2, -0.15) is 0 Å². The van der Waals surface area contributed by atoms with Crippen molar-refractivity contribution >= 4 is 22.6 Å². The molecule has 0 fully saturated rings. The second kappa shape index (κ2) is 6.29. The number of aryl methyl sites for hydroxylation is 1. The molecular formula is C13H16IN3O. The molecule has 2 aromatic rings. The van der Waals surface area contributed by atoms with Gasteiger partial charge in [0, 0.05) is 3.57 Å². The highest BCUT2D eigenvalue weighted by Crippen LogP contribution is 2.26. The lowest BCUT2D eigenvalue weighted by molar-refractivity contribution is 0.477. The summed E-state index contributed by atoms with van der Waals surface area (Å²) in [4.78, 5) is 0. The van der Waals surface area contributed by atoms with E-state index in [-0.39, 0.29) is 0 Å². The molecule has 0 aliphatic rings. The average Bonchev–Trinajstić information content (AvgIpc) is 2.82. The Balaban J connectivity index is 2.16. The molecule has 0 saturated carbocycles. The summed E-state index contributed by atoms with van der Waals surface area (Å²) in [6.07, 6.45) is 1.09. The van der Waals surface area contributed by atoms with Crippen LogP contribution >= 0.6 is 22.6 Å². The van der Waals surface area contributed by atoms with Crippen LogP contribution in [0.4, 0.5) is 0 Å². The molecule has 0 spiro atoms. The molecule has 0 bridgehead atoms. The van der Waals surface area contributed by atoms with Crippen LogP contribution in [0.15, 0.2) is 22.6 Å². The monoisotopic (exact) mass is 357 g/mol. The molecule has 2 rings (SSSR count). The third kappa shape index (κ3) is 3.08. The van der Waals surface area contributed by atoms with Crippen LogP contribution in [0.2, 0.25) is 0 Å². The van der Waals surface area contributed by atoms with Crippen LogP contribution in [0.1, 0.15) is 24.8 Å². The summed E-state index contributed by atoms with van der Waals surface area (Å²) in [5.74, 6) is 1.23. The van der Waals surface area contributed by atoms with Gasteiger partial charge in [0.25, 0.3) is 0 Å². The fraction of sp³-hybridized carbons (Fsp3) is 0.385. The van der Waals surface area contributed by atoms with E-state index in [1.54, 1.807) is 0 Å². The smallest absolute Gasteiger partial charge is 0.248 e. The van der Waals surface area contributed by atoms with Gasteiger partial charge < -0.3 is 9.73 Å². The molecule has 1 aromatic heterocycles. The fourth-order valence-electron chi connectivity index (χ4n) is 1.62. The molecule has 0 amide bonds. The topological polar surface area (TPSA) is 51.0 Å². The van der Waals surface area contributed by atoms with E-state index in [1.807, 2.05) is 12.1 Å². The first-order valence-corrected chi connectivity index (χ1v) is 7.08. The van der Waals surface area contributed by atoms with Gasteiger partial charge in [0.05, 0.1) is 12.1 Å². The zero-order valence-corrected chi connectivity index (χ0v) is 12.7. The van der Waals surface area contributed by atoms with Gasteiger partial charge in [-0.15, -0.1) is 10.2 Å². The molecule has 1 heterocycles. The first-order valence-electron chi connectivity index (χ1n) is 6.01. The molecule has 0 radical (unpaired) electrons. The molecule has 5 heteroatoms. The van der Waals surface area contributed by atoms with Crippen LogP contribution < -0.4 is 5.32 Å². The third-order valence-corrected chi connectivity index (χ3v) is 4.02. The van der Waals surface area contributed by atoms with Crippen molar-refractivity contribution in [1.29, 1.82) is 0 Å². The summed E-state index contributed by atoms with van der Waals surface area (Å²) < 4.78 is 6.82. The van der Waals surface area contributed by atoms with Gasteiger partial charge in [0.2, 0.25) is 11.8 Å². The van der Waals surface area contributed by atoms with E-state index in [4.69, 9.17) is 4.42 Å². The van der Waals surface area contributed by atoms with E-state index in [0.717, 1.165) is 22.1 Å². The van der Waals surface area contributed by atoms with Gasteiger partial charge in [-0.05, 0) is 54.1 Å². The quantitative estimate of drug-likeness (QED) is 0.660. The van der Waals surface area contributed by atoms with Crippen molar-refractivity contribution in [2.45, 2.75) is 26.8 Å². The number of rotatable bonds is 5. The largest absolute Gasteiger partial charge is 0.419 e. The number of aromatic nitrogens is 2. The number of halogens is 1. The molecule has 1 N–H and O–H groups in total. The standard InChI is InChI=1S/C13H16IN3O/c1-3-7-15-8-11-16-17-13(18-11)10-6-4-5-9(2)12(10)14/h4-6,15H,3,7-8H2,1-2H3. The first kappa shape index (κ1) is 13.5. The fourth-order valence-corrected chi connectivity index (χ4v) is 2.21. The normalized spacial score (nSPS) is 10.8. The Morgan fingerprint density at radius 1 is 1.33 bits per heavy atom. The zero-order chi connectivity index (χ0) is 13.0. The van der Waals surface area contributed by atoms with Crippen LogP contribution in [0.3, 0.4) is 0 Å². The number of hydrogen-bond acceptors (Lipinski definition) is 4. The molecule has 0 saturated heterocycles. The van der Waals surface area contributed by atoms with E-state index in [9.17, 15) is 0 Å². The van der Waals surface area contributed by atoms with Crippen LogP contribution in [-0.2, 0) is 6.54 Å². The Labute approximate surface area is 120 Å². The van der Waals surface area contributed by atoms with Crippen molar-refractivity contribution in [2.75, 3.05) is 6.54 Å². The Morgan fingerprint density at radius 3 is 2.94 bits per heavy atom. The van der Waals surface area contributed by atoms with Crippen molar-refractivity contribution in [1.82, 2.24) is 15.5 Å². The molecule has 0 unspecified atom stereocenters. The minimum absolute atomic E-state index is 0.594. The molecule has 0 aliphatic carbocycles. The van der Waals surface area contributed by atoms with Crippen molar-refractivity contribution in [3.8, 4) is 11.5 Å². The van der Waals surface area contributed by atoms with Gasteiger partial charge in [0.1, 0.15) is 0 Å². The molecule has 1 aromatic carbocycles. The maximum atomic E-state index is 5.66. The predicted molar refractivity (Wildman–Crippen MR) is 79.2 cm³/mol. The number of nitrogens with one attached hydrogen (secondary N) is 1. The highest BCUT2D eigenvalue weighted by Gasteiger charge is 2.12. The zero-order valence-electron chi connectivity index (χ0n) is 10.5. The highest BCUT2D eigenvalue weighted by atomic mass is 127. The Hall–Kier alpha value is -0.950. The summed E-state index contributed by atoms with van der Waals surface area (Å²) in [6.45, 7) is 5.79.